The van der Waals surface area contributed by atoms with E-state index in [4.69, 9.17) is 10.2 Å². The number of carbonyl (C=O) groups excluding carboxylic acids is 1. The highest BCUT2D eigenvalue weighted by molar-refractivity contribution is 5.86. The van der Waals surface area contributed by atoms with E-state index in [0.717, 1.165) is 11.0 Å². The Hall–Kier alpha value is -0.950. The van der Waals surface area contributed by atoms with Gasteiger partial charge in [0, 0.05) is 13.6 Å². The Morgan fingerprint density at radius 1 is 1.40 bits per heavy atom. The second-order valence-electron chi connectivity index (χ2n) is 3.23. The van der Waals surface area contributed by atoms with Gasteiger partial charge in [-0.25, -0.2) is 0 Å². The lowest BCUT2D eigenvalue weighted by atomic mass is 10.1. The van der Waals surface area contributed by atoms with E-state index in [1.165, 1.54) is 7.05 Å². The number of aliphatic hydroxyl groups is 4. The topological polar surface area (TPSA) is 101 Å². The van der Waals surface area contributed by atoms with Crippen LogP contribution in [0.15, 0.2) is 12.7 Å². The van der Waals surface area contributed by atoms with Crippen LogP contribution in [0.5, 0.6) is 0 Å². The van der Waals surface area contributed by atoms with Crippen molar-refractivity contribution in [3.63, 3.8) is 0 Å². The van der Waals surface area contributed by atoms with E-state index in [1.807, 2.05) is 0 Å². The molecule has 0 fully saturated rings. The minimum absolute atomic E-state index is 0.150. The summed E-state index contributed by atoms with van der Waals surface area (Å²) in [4.78, 5) is 12.2. The summed E-state index contributed by atoms with van der Waals surface area (Å²) in [7, 11) is 1.42. The number of rotatable bonds is 6. The molecule has 0 aromatic rings. The first-order valence-corrected chi connectivity index (χ1v) is 4.46. The first-order chi connectivity index (χ1) is 6.93. The number of nitrogens with zero attached hydrogens (tertiary/aromatic N) is 1. The van der Waals surface area contributed by atoms with Crippen molar-refractivity contribution in [3.8, 4) is 0 Å². The second-order valence-corrected chi connectivity index (χ2v) is 3.23. The van der Waals surface area contributed by atoms with Crippen LogP contribution in [0.4, 0.5) is 0 Å². The van der Waals surface area contributed by atoms with E-state index in [1.54, 1.807) is 0 Å². The van der Waals surface area contributed by atoms with Crippen LogP contribution in [0.1, 0.15) is 0 Å². The Morgan fingerprint density at radius 2 is 1.93 bits per heavy atom. The van der Waals surface area contributed by atoms with Crippen LogP contribution in [0, 0.1) is 0 Å². The van der Waals surface area contributed by atoms with E-state index in [2.05, 4.69) is 6.58 Å². The van der Waals surface area contributed by atoms with Gasteiger partial charge in [0.2, 0.25) is 5.91 Å². The van der Waals surface area contributed by atoms with Gasteiger partial charge >= 0.3 is 0 Å². The van der Waals surface area contributed by atoms with Crippen LogP contribution in [-0.2, 0) is 4.79 Å². The largest absolute Gasteiger partial charge is 0.394 e. The molecule has 0 heterocycles. The van der Waals surface area contributed by atoms with Gasteiger partial charge in [-0.1, -0.05) is 6.58 Å². The summed E-state index contributed by atoms with van der Waals surface area (Å²) in [5.74, 6) is -0.403. The average molecular weight is 219 g/mol. The molecule has 0 bridgehead atoms. The van der Waals surface area contributed by atoms with E-state index in [0.29, 0.717) is 0 Å². The number of aliphatic hydroxyl groups excluding tert-OH is 4. The van der Waals surface area contributed by atoms with Crippen LogP contribution >= 0.6 is 0 Å². The quantitative estimate of drug-likeness (QED) is 0.377. The van der Waals surface area contributed by atoms with Gasteiger partial charge in [0.25, 0.3) is 0 Å². The zero-order valence-electron chi connectivity index (χ0n) is 8.58. The van der Waals surface area contributed by atoms with E-state index in [-0.39, 0.29) is 6.54 Å². The van der Waals surface area contributed by atoms with Gasteiger partial charge in [0.05, 0.1) is 6.61 Å². The Bertz CT molecular complexity index is 221. The lowest BCUT2D eigenvalue weighted by Gasteiger charge is -2.25. The minimum atomic E-state index is -1.49. The normalized spacial score (nSPS) is 16.6. The fourth-order valence-corrected chi connectivity index (χ4v) is 0.999. The molecule has 0 aliphatic heterocycles. The first-order valence-electron chi connectivity index (χ1n) is 4.46. The summed E-state index contributed by atoms with van der Waals surface area (Å²) in [5.41, 5.74) is 0. The molecule has 3 atom stereocenters. The minimum Gasteiger partial charge on any atom is -0.394 e. The monoisotopic (exact) mass is 219 g/mol. The third kappa shape index (κ3) is 4.39. The lowest BCUT2D eigenvalue weighted by Crippen LogP contribution is -2.46. The average Bonchev–Trinajstić information content (AvgIpc) is 2.25. The molecule has 1 amide bonds. The van der Waals surface area contributed by atoms with Crippen molar-refractivity contribution in [2.75, 3.05) is 20.2 Å². The number of hydrogen-bond donors (Lipinski definition) is 4. The van der Waals surface area contributed by atoms with Gasteiger partial charge in [0.15, 0.2) is 0 Å². The molecule has 15 heavy (non-hydrogen) atoms. The fraction of sp³-hybridized carbons (Fsp3) is 0.667. The molecule has 6 heteroatoms. The van der Waals surface area contributed by atoms with Gasteiger partial charge in [-0.2, -0.15) is 0 Å². The molecular formula is C9H17NO5. The van der Waals surface area contributed by atoms with Gasteiger partial charge in [-0.05, 0) is 6.08 Å². The summed E-state index contributed by atoms with van der Waals surface area (Å²) in [6.07, 6.45) is -3.16. The Labute approximate surface area is 88.1 Å². The molecule has 0 aromatic heterocycles. The van der Waals surface area contributed by atoms with Gasteiger partial charge in [-0.3, -0.25) is 4.79 Å². The maximum atomic E-state index is 11.0. The Kier molecular flexibility index (Phi) is 6.11. The zero-order valence-corrected chi connectivity index (χ0v) is 8.58. The van der Waals surface area contributed by atoms with Crippen LogP contribution in [-0.4, -0.2) is 69.7 Å². The predicted octanol–water partition coefficient (Wildman–Crippen LogP) is -2.29. The molecule has 4 N–H and O–H groups in total. The molecule has 0 aliphatic carbocycles. The molecule has 0 radical (unpaired) electrons. The van der Waals surface area contributed by atoms with Gasteiger partial charge in [0.1, 0.15) is 18.3 Å². The fourth-order valence-electron chi connectivity index (χ4n) is 0.999. The number of amides is 1. The highest BCUT2D eigenvalue weighted by Gasteiger charge is 2.25. The summed E-state index contributed by atoms with van der Waals surface area (Å²) in [5, 5.41) is 36.2. The molecule has 0 spiro atoms. The molecule has 0 unspecified atom stereocenters. The van der Waals surface area contributed by atoms with E-state index in [9.17, 15) is 15.0 Å². The number of hydrogen-bond acceptors (Lipinski definition) is 5. The molecule has 0 aliphatic rings. The molecule has 0 saturated heterocycles. The number of carbonyl (C=O) groups is 1. The number of likely N-dealkylation sites (N-methyl/N-ethyl adjacent to an activating group) is 1. The summed E-state index contributed by atoms with van der Waals surface area (Å²) in [6, 6.07) is 0. The summed E-state index contributed by atoms with van der Waals surface area (Å²) >= 11 is 0. The van der Waals surface area contributed by atoms with Crippen molar-refractivity contribution in [3.05, 3.63) is 12.7 Å². The molecular weight excluding hydrogens is 202 g/mol. The Balaban J connectivity index is 4.17. The highest BCUT2D eigenvalue weighted by atomic mass is 16.4. The van der Waals surface area contributed by atoms with Crippen molar-refractivity contribution in [1.82, 2.24) is 4.90 Å². The SMILES string of the molecule is C=CC(=O)N(C)C[C@H](O)[C@@H](O)[C@H](O)CO. The maximum Gasteiger partial charge on any atom is 0.245 e. The van der Waals surface area contributed by atoms with Crippen LogP contribution in [0.3, 0.4) is 0 Å². The molecule has 0 rings (SSSR count). The zero-order chi connectivity index (χ0) is 12.0. The first kappa shape index (κ1) is 14.1. The van der Waals surface area contributed by atoms with E-state index < -0.39 is 30.8 Å². The third-order valence-corrected chi connectivity index (χ3v) is 1.99. The van der Waals surface area contributed by atoms with Crippen molar-refractivity contribution >= 4 is 5.91 Å². The van der Waals surface area contributed by atoms with Crippen LogP contribution < -0.4 is 0 Å². The van der Waals surface area contributed by atoms with Crippen LogP contribution in [0.25, 0.3) is 0 Å². The lowest BCUT2D eigenvalue weighted by molar-refractivity contribution is -0.129. The van der Waals surface area contributed by atoms with Crippen molar-refractivity contribution < 1.29 is 25.2 Å². The predicted molar refractivity (Wildman–Crippen MR) is 52.9 cm³/mol. The second kappa shape index (κ2) is 6.52. The van der Waals surface area contributed by atoms with Crippen molar-refractivity contribution in [2.24, 2.45) is 0 Å². The highest BCUT2D eigenvalue weighted by Crippen LogP contribution is 2.02. The smallest absolute Gasteiger partial charge is 0.245 e. The van der Waals surface area contributed by atoms with E-state index >= 15 is 0 Å². The molecule has 0 aromatic carbocycles. The molecule has 88 valence electrons. The van der Waals surface area contributed by atoms with Gasteiger partial charge < -0.3 is 25.3 Å². The summed E-state index contributed by atoms with van der Waals surface area (Å²) < 4.78 is 0. The standard InChI is InChI=1S/C9H17NO5/c1-3-8(14)10(2)4-6(12)9(15)7(13)5-11/h3,6-7,9,11-13,15H,1,4-5H2,2H3/t6-,7+,9+/m0/s1. The van der Waals surface area contributed by atoms with Crippen LogP contribution in [0.2, 0.25) is 0 Å². The van der Waals surface area contributed by atoms with Crippen molar-refractivity contribution in [2.45, 2.75) is 18.3 Å². The third-order valence-electron chi connectivity index (χ3n) is 1.99. The summed E-state index contributed by atoms with van der Waals surface area (Å²) in [6.45, 7) is 2.46. The van der Waals surface area contributed by atoms with Crippen molar-refractivity contribution in [1.29, 1.82) is 0 Å². The Morgan fingerprint density at radius 3 is 2.33 bits per heavy atom. The maximum absolute atomic E-state index is 11.0. The molecule has 0 saturated carbocycles. The van der Waals surface area contributed by atoms with Gasteiger partial charge in [-0.15, -0.1) is 0 Å². The molecule has 6 nitrogen and oxygen atoms in total.